The molecule has 8 atom stereocenters. The van der Waals surface area contributed by atoms with Crippen LogP contribution in [0.1, 0.15) is 92.9 Å². The van der Waals surface area contributed by atoms with Crippen LogP contribution in [0.3, 0.4) is 0 Å². The summed E-state index contributed by atoms with van der Waals surface area (Å²) in [7, 11) is 0. The van der Waals surface area contributed by atoms with E-state index < -0.39 is 127 Å². The lowest BCUT2D eigenvalue weighted by atomic mass is 10.0. The number of rotatable bonds is 26. The maximum Gasteiger partial charge on any atom is 0.326 e. The molecule has 2 saturated heterocycles. The second-order valence-electron chi connectivity index (χ2n) is 16.9. The summed E-state index contributed by atoms with van der Waals surface area (Å²) in [4.78, 5) is 129. The van der Waals surface area contributed by atoms with Crippen molar-refractivity contribution in [1.82, 2.24) is 52.8 Å². The van der Waals surface area contributed by atoms with Gasteiger partial charge in [0, 0.05) is 13.1 Å². The number of carbonyl (C=O) groups excluding carboxylic acids is 9. The number of nitrogens with two attached hydrogens (primary N) is 1. The van der Waals surface area contributed by atoms with Crippen LogP contribution in [0.15, 0.2) is 0 Å². The normalized spacial score (nSPS) is 19.5. The highest BCUT2D eigenvalue weighted by molar-refractivity contribution is 5.97. The lowest BCUT2D eigenvalue weighted by molar-refractivity contribution is -0.144. The lowest BCUT2D eigenvalue weighted by Crippen LogP contribution is -2.56. The zero-order valence-corrected chi connectivity index (χ0v) is 37.2. The van der Waals surface area contributed by atoms with E-state index in [1.54, 1.807) is 0 Å². The van der Waals surface area contributed by atoms with E-state index in [-0.39, 0.29) is 50.6 Å². The molecular formula is C40H69N11O12. The van der Waals surface area contributed by atoms with Crippen molar-refractivity contribution in [3.05, 3.63) is 0 Å². The molecule has 0 radical (unpaired) electrons. The Morgan fingerprint density at radius 3 is 1.84 bits per heavy atom. The van der Waals surface area contributed by atoms with Gasteiger partial charge in [0.1, 0.15) is 36.3 Å². The van der Waals surface area contributed by atoms with Crippen LogP contribution in [-0.4, -0.2) is 162 Å². The average Bonchev–Trinajstić information content (AvgIpc) is 3.89. The molecule has 0 saturated carbocycles. The van der Waals surface area contributed by atoms with E-state index in [0.717, 1.165) is 0 Å². The first kappa shape index (κ1) is 53.7. The Bertz CT molecular complexity index is 1630. The topological polar surface area (TPSA) is 349 Å². The third-order valence-electron chi connectivity index (χ3n) is 10.3. The number of carboxylic acid groups (broad SMARTS) is 1. The molecule has 0 bridgehead atoms. The number of nitrogens with one attached hydrogen (secondary N) is 9. The fourth-order valence-corrected chi connectivity index (χ4v) is 6.96. The second kappa shape index (κ2) is 26.9. The maximum absolute atomic E-state index is 13.3. The van der Waals surface area contributed by atoms with Crippen molar-refractivity contribution in [2.75, 3.05) is 39.3 Å². The number of β-amino-alcohol motifs (C(OH)–C–C–N with tert-alkyl or cyclic N) is 1. The van der Waals surface area contributed by atoms with Gasteiger partial charge in [-0.3, -0.25) is 43.2 Å². The van der Waals surface area contributed by atoms with Gasteiger partial charge in [-0.15, -0.1) is 0 Å². The summed E-state index contributed by atoms with van der Waals surface area (Å²) in [5.41, 5.74) is 5.48. The molecule has 9 amide bonds. The maximum atomic E-state index is 13.3. The first-order valence-corrected chi connectivity index (χ1v) is 21.6. The van der Waals surface area contributed by atoms with Crippen LogP contribution < -0.4 is 53.6 Å². The summed E-state index contributed by atoms with van der Waals surface area (Å²) in [5, 5.41) is 41.9. The molecule has 23 nitrogen and oxygen atoms in total. The molecule has 2 heterocycles. The molecule has 2 fully saturated rings. The van der Waals surface area contributed by atoms with E-state index in [2.05, 4.69) is 47.9 Å². The van der Waals surface area contributed by atoms with Gasteiger partial charge >= 0.3 is 5.97 Å². The summed E-state index contributed by atoms with van der Waals surface area (Å²) < 4.78 is 0. The highest BCUT2D eigenvalue weighted by Gasteiger charge is 2.36. The van der Waals surface area contributed by atoms with Gasteiger partial charge in [-0.05, 0) is 83.6 Å². The Morgan fingerprint density at radius 1 is 0.667 bits per heavy atom. The third-order valence-corrected chi connectivity index (χ3v) is 10.3. The minimum atomic E-state index is -1.20. The molecule has 2 aliphatic heterocycles. The molecule has 0 spiro atoms. The fraction of sp³-hybridized carbons (Fsp3) is 0.750. The van der Waals surface area contributed by atoms with Crippen LogP contribution in [0.25, 0.3) is 0 Å². The van der Waals surface area contributed by atoms with Gasteiger partial charge in [0.2, 0.25) is 53.2 Å². The highest BCUT2D eigenvalue weighted by atomic mass is 16.4. The Morgan fingerprint density at radius 2 is 1.25 bits per heavy atom. The van der Waals surface area contributed by atoms with E-state index >= 15 is 0 Å². The Balaban J connectivity index is 1.89. The van der Waals surface area contributed by atoms with Gasteiger partial charge < -0.3 is 68.7 Å². The summed E-state index contributed by atoms with van der Waals surface area (Å²) in [6.45, 7) is 9.41. The molecule has 23 heteroatoms. The van der Waals surface area contributed by atoms with E-state index in [1.165, 1.54) is 18.7 Å². The number of likely N-dealkylation sites (tertiary alicyclic amines) is 1. The van der Waals surface area contributed by atoms with Crippen molar-refractivity contribution in [2.24, 2.45) is 17.6 Å². The van der Waals surface area contributed by atoms with Crippen LogP contribution in [0.4, 0.5) is 0 Å². The number of unbranched alkanes of at least 4 members (excludes halogenated alkanes) is 1. The molecule has 0 aromatic heterocycles. The van der Waals surface area contributed by atoms with Crippen LogP contribution in [-0.2, 0) is 47.9 Å². The average molecular weight is 896 g/mol. The summed E-state index contributed by atoms with van der Waals surface area (Å²) in [6.07, 6.45) is 1.95. The molecule has 0 aromatic carbocycles. The largest absolute Gasteiger partial charge is 0.480 e. The van der Waals surface area contributed by atoms with Gasteiger partial charge in [0.05, 0.1) is 31.8 Å². The number of hydrogen-bond acceptors (Lipinski definition) is 13. The first-order valence-electron chi connectivity index (χ1n) is 21.6. The van der Waals surface area contributed by atoms with Crippen molar-refractivity contribution < 1.29 is 58.2 Å². The molecule has 13 N–H and O–H groups in total. The number of hydrogen-bond donors (Lipinski definition) is 12. The molecule has 1 unspecified atom stereocenters. The van der Waals surface area contributed by atoms with Crippen LogP contribution in [0.2, 0.25) is 0 Å². The predicted octanol–water partition coefficient (Wildman–Crippen LogP) is -4.18. The van der Waals surface area contributed by atoms with E-state index in [1.807, 2.05) is 27.7 Å². The van der Waals surface area contributed by atoms with Crippen LogP contribution >= 0.6 is 0 Å². The number of nitrogens with zero attached hydrogens (tertiary/aromatic N) is 1. The SMILES string of the molecule is CC(C)C[C@H](NC(=O)CNC(=O)[C@H](CC(C)C)NC(=O)[C@H](C)NC(=O)CNC(=O)C1C[C@@H](O)CN1)C(=O)N[C@@H](C)C(=O)NCC(=O)N1CCC[C@H]1C(=O)N[C@@H](CCCCN)C(=O)O. The molecule has 356 valence electrons. The molecule has 2 rings (SSSR count). The van der Waals surface area contributed by atoms with E-state index in [0.29, 0.717) is 32.2 Å². The minimum Gasteiger partial charge on any atom is -0.480 e. The fourth-order valence-electron chi connectivity index (χ4n) is 6.96. The quantitative estimate of drug-likeness (QED) is 0.0367. The smallest absolute Gasteiger partial charge is 0.326 e. The van der Waals surface area contributed by atoms with Crippen molar-refractivity contribution in [2.45, 2.75) is 141 Å². The molecular weight excluding hydrogens is 827 g/mol. The predicted molar refractivity (Wildman–Crippen MR) is 227 cm³/mol. The Kier molecular flexibility index (Phi) is 23.0. The highest BCUT2D eigenvalue weighted by Crippen LogP contribution is 2.18. The van der Waals surface area contributed by atoms with Crippen molar-refractivity contribution >= 4 is 59.1 Å². The Labute approximate surface area is 367 Å². The van der Waals surface area contributed by atoms with Gasteiger partial charge in [-0.2, -0.15) is 0 Å². The second-order valence-corrected chi connectivity index (χ2v) is 16.9. The number of aliphatic hydroxyl groups is 1. The van der Waals surface area contributed by atoms with Crippen molar-refractivity contribution in [3.8, 4) is 0 Å². The van der Waals surface area contributed by atoms with Crippen LogP contribution in [0, 0.1) is 11.8 Å². The zero-order chi connectivity index (χ0) is 47.4. The molecule has 63 heavy (non-hydrogen) atoms. The number of carboxylic acids is 1. The molecule has 0 aromatic rings. The van der Waals surface area contributed by atoms with Gasteiger partial charge in [0.15, 0.2) is 0 Å². The lowest BCUT2D eigenvalue weighted by Gasteiger charge is -2.26. The standard InChI is InChI=1S/C40H69N11O12/c1-21(2)14-28(50-35(57)24(6)46-31(53)18-43-36(58)27-16-25(52)17-42-27)37(59)44-19-32(54)48-29(15-22(3)4)38(60)47-23(5)34(56)45-20-33(55)51-13-9-11-30(51)39(61)49-26(40(62)63)10-7-8-12-41/h21-30,42,52H,7-20,41H2,1-6H3,(H,43,58)(H,44,59)(H,45,56)(H,46,53)(H,47,60)(H,48,54)(H,49,61)(H,50,57)(H,62,63)/t23-,24-,25+,26-,27?,28-,29-,30-/m0/s1. The number of aliphatic carboxylic acids is 1. The summed E-state index contributed by atoms with van der Waals surface area (Å²) in [6, 6.07) is -7.17. The summed E-state index contributed by atoms with van der Waals surface area (Å²) in [5.74, 6) is -7.24. The van der Waals surface area contributed by atoms with E-state index in [4.69, 9.17) is 5.73 Å². The first-order chi connectivity index (χ1) is 29.6. The van der Waals surface area contributed by atoms with Gasteiger partial charge in [-0.1, -0.05) is 27.7 Å². The third kappa shape index (κ3) is 19.2. The monoisotopic (exact) mass is 896 g/mol. The van der Waals surface area contributed by atoms with Crippen molar-refractivity contribution in [1.29, 1.82) is 0 Å². The Hall–Kier alpha value is -5.42. The zero-order valence-electron chi connectivity index (χ0n) is 37.2. The molecule has 0 aliphatic carbocycles. The molecule has 2 aliphatic rings. The van der Waals surface area contributed by atoms with Crippen molar-refractivity contribution in [3.63, 3.8) is 0 Å². The van der Waals surface area contributed by atoms with Crippen LogP contribution in [0.5, 0.6) is 0 Å². The van der Waals surface area contributed by atoms with Gasteiger partial charge in [0.25, 0.3) is 0 Å². The number of amides is 9. The van der Waals surface area contributed by atoms with E-state index in [9.17, 15) is 58.2 Å². The number of carbonyl (C=O) groups is 10. The van der Waals surface area contributed by atoms with Gasteiger partial charge in [-0.25, -0.2) is 4.79 Å². The number of aliphatic hydroxyl groups excluding tert-OH is 1. The minimum absolute atomic E-state index is 0.0759. The summed E-state index contributed by atoms with van der Waals surface area (Å²) >= 11 is 0.